The van der Waals surface area contributed by atoms with Gasteiger partial charge in [-0.1, -0.05) is 62.4 Å². The minimum atomic E-state index is -0.257. The molecule has 4 heteroatoms. The lowest BCUT2D eigenvalue weighted by molar-refractivity contribution is -0.180. The first-order valence-electron chi connectivity index (χ1n) is 9.86. The van der Waals surface area contributed by atoms with E-state index in [0.29, 0.717) is 6.04 Å². The van der Waals surface area contributed by atoms with Crippen LogP contribution in [0.2, 0.25) is 0 Å². The second-order valence-electron chi connectivity index (χ2n) is 8.01. The molecular weight excluding hydrogens is 312 g/mol. The van der Waals surface area contributed by atoms with E-state index in [-0.39, 0.29) is 29.8 Å². The number of amides is 2. The highest BCUT2D eigenvalue weighted by atomic mass is 16.2. The molecule has 0 radical (unpaired) electrons. The number of likely N-dealkylation sites (tertiary alicyclic amines) is 1. The van der Waals surface area contributed by atoms with Crippen LogP contribution in [0.25, 0.3) is 0 Å². The molecule has 1 unspecified atom stereocenters. The summed E-state index contributed by atoms with van der Waals surface area (Å²) < 4.78 is 0. The van der Waals surface area contributed by atoms with Gasteiger partial charge in [0.2, 0.25) is 11.8 Å². The van der Waals surface area contributed by atoms with Gasteiger partial charge in [-0.2, -0.15) is 0 Å². The Labute approximate surface area is 150 Å². The van der Waals surface area contributed by atoms with Crippen molar-refractivity contribution in [2.24, 2.45) is 5.41 Å². The number of β-lactam (4-membered cyclic amide) rings is 1. The normalized spacial score (nSPS) is 25.8. The van der Waals surface area contributed by atoms with Crippen LogP contribution in [0.4, 0.5) is 0 Å². The Balaban J connectivity index is 1.51. The SMILES string of the molecule is O=C(CN1C(=O)C2(CCCCC2)C1c1ccccc1)NC1CCCC1. The van der Waals surface area contributed by atoms with E-state index in [4.69, 9.17) is 0 Å². The largest absolute Gasteiger partial charge is 0.352 e. The zero-order valence-corrected chi connectivity index (χ0v) is 14.9. The summed E-state index contributed by atoms with van der Waals surface area (Å²) in [6, 6.07) is 10.7. The third-order valence-corrected chi connectivity index (χ3v) is 6.42. The van der Waals surface area contributed by atoms with Gasteiger partial charge in [0.15, 0.2) is 0 Å². The molecule has 134 valence electrons. The van der Waals surface area contributed by atoms with Gasteiger partial charge in [0.25, 0.3) is 0 Å². The molecule has 4 nitrogen and oxygen atoms in total. The van der Waals surface area contributed by atoms with E-state index in [1.807, 2.05) is 23.1 Å². The van der Waals surface area contributed by atoms with Crippen molar-refractivity contribution >= 4 is 11.8 Å². The molecule has 4 rings (SSSR count). The van der Waals surface area contributed by atoms with Crippen LogP contribution in [0.5, 0.6) is 0 Å². The zero-order chi connectivity index (χ0) is 17.3. The van der Waals surface area contributed by atoms with Gasteiger partial charge in [-0.25, -0.2) is 0 Å². The maximum atomic E-state index is 13.0. The van der Waals surface area contributed by atoms with Crippen molar-refractivity contribution in [1.29, 1.82) is 0 Å². The highest BCUT2D eigenvalue weighted by molar-refractivity contribution is 5.94. The predicted octanol–water partition coefficient (Wildman–Crippen LogP) is 3.58. The molecule has 1 aliphatic heterocycles. The number of carbonyl (C=O) groups excluding carboxylic acids is 2. The van der Waals surface area contributed by atoms with Crippen LogP contribution in [0.1, 0.15) is 69.4 Å². The van der Waals surface area contributed by atoms with E-state index in [2.05, 4.69) is 17.4 Å². The van der Waals surface area contributed by atoms with Gasteiger partial charge in [0.05, 0.1) is 11.5 Å². The molecule has 1 saturated heterocycles. The first-order valence-corrected chi connectivity index (χ1v) is 9.86. The summed E-state index contributed by atoms with van der Waals surface area (Å²) in [6.07, 6.45) is 9.94. The van der Waals surface area contributed by atoms with Crippen molar-refractivity contribution in [3.05, 3.63) is 35.9 Å². The molecule has 1 N–H and O–H groups in total. The molecule has 3 fully saturated rings. The lowest BCUT2D eigenvalue weighted by Gasteiger charge is -2.58. The van der Waals surface area contributed by atoms with Crippen LogP contribution >= 0.6 is 0 Å². The summed E-state index contributed by atoms with van der Waals surface area (Å²) in [5, 5.41) is 3.13. The number of nitrogens with one attached hydrogen (secondary N) is 1. The molecule has 3 aliphatic rings. The molecule has 1 atom stereocenters. The van der Waals surface area contributed by atoms with Crippen LogP contribution in [-0.4, -0.2) is 29.3 Å². The quantitative estimate of drug-likeness (QED) is 0.852. The van der Waals surface area contributed by atoms with Crippen LogP contribution < -0.4 is 5.32 Å². The molecule has 1 spiro atoms. The lowest BCUT2D eigenvalue weighted by Crippen LogP contribution is -2.65. The average molecular weight is 340 g/mol. The smallest absolute Gasteiger partial charge is 0.239 e. The Hall–Kier alpha value is -1.84. The van der Waals surface area contributed by atoms with Gasteiger partial charge >= 0.3 is 0 Å². The zero-order valence-electron chi connectivity index (χ0n) is 14.9. The second-order valence-corrected chi connectivity index (χ2v) is 8.01. The van der Waals surface area contributed by atoms with Gasteiger partial charge in [-0.05, 0) is 31.2 Å². The minimum absolute atomic E-state index is 0.00633. The fraction of sp³-hybridized carbons (Fsp3) is 0.619. The summed E-state index contributed by atoms with van der Waals surface area (Å²) in [5.74, 6) is 0.203. The summed E-state index contributed by atoms with van der Waals surface area (Å²) in [5.41, 5.74) is 0.922. The highest BCUT2D eigenvalue weighted by Gasteiger charge is 2.60. The van der Waals surface area contributed by atoms with E-state index >= 15 is 0 Å². The van der Waals surface area contributed by atoms with E-state index in [1.54, 1.807) is 0 Å². The molecule has 1 aromatic rings. The van der Waals surface area contributed by atoms with Gasteiger partial charge in [-0.15, -0.1) is 0 Å². The van der Waals surface area contributed by atoms with Gasteiger partial charge in [0, 0.05) is 6.04 Å². The van der Waals surface area contributed by atoms with Crippen molar-refractivity contribution in [2.45, 2.75) is 69.9 Å². The highest BCUT2D eigenvalue weighted by Crippen LogP contribution is 2.57. The van der Waals surface area contributed by atoms with Gasteiger partial charge in [0.1, 0.15) is 6.54 Å². The molecule has 2 aliphatic carbocycles. The topological polar surface area (TPSA) is 49.4 Å². The molecule has 2 saturated carbocycles. The third-order valence-electron chi connectivity index (χ3n) is 6.42. The number of hydrogen-bond donors (Lipinski definition) is 1. The van der Waals surface area contributed by atoms with Gasteiger partial charge in [-0.3, -0.25) is 9.59 Å². The third kappa shape index (κ3) is 2.96. The Kier molecular flexibility index (Phi) is 4.53. The standard InChI is InChI=1S/C21H28N2O2/c24-18(22-17-11-5-6-12-17)15-23-19(16-9-3-1-4-10-16)21(20(23)25)13-7-2-8-14-21/h1,3-4,9-10,17,19H,2,5-8,11-15H2,(H,22,24). The number of rotatable bonds is 4. The van der Waals surface area contributed by atoms with E-state index in [9.17, 15) is 9.59 Å². The predicted molar refractivity (Wildman–Crippen MR) is 96.8 cm³/mol. The van der Waals surface area contributed by atoms with Crippen molar-refractivity contribution < 1.29 is 9.59 Å². The van der Waals surface area contributed by atoms with Gasteiger partial charge < -0.3 is 10.2 Å². The van der Waals surface area contributed by atoms with E-state index in [0.717, 1.165) is 38.5 Å². The molecule has 2 amide bonds. The molecule has 1 aromatic carbocycles. The monoisotopic (exact) mass is 340 g/mol. The molecule has 0 aromatic heterocycles. The van der Waals surface area contributed by atoms with Crippen molar-refractivity contribution in [1.82, 2.24) is 10.2 Å². The summed E-state index contributed by atoms with van der Waals surface area (Å²) in [7, 11) is 0. The number of nitrogens with zero attached hydrogens (tertiary/aromatic N) is 1. The number of hydrogen-bond acceptors (Lipinski definition) is 2. The Morgan fingerprint density at radius 3 is 2.40 bits per heavy atom. The van der Waals surface area contributed by atoms with Crippen molar-refractivity contribution in [3.8, 4) is 0 Å². The van der Waals surface area contributed by atoms with E-state index in [1.165, 1.54) is 24.8 Å². The maximum Gasteiger partial charge on any atom is 0.239 e. The minimum Gasteiger partial charge on any atom is -0.352 e. The van der Waals surface area contributed by atoms with Crippen LogP contribution in [-0.2, 0) is 9.59 Å². The van der Waals surface area contributed by atoms with Crippen molar-refractivity contribution in [3.63, 3.8) is 0 Å². The lowest BCUT2D eigenvalue weighted by atomic mass is 9.60. The maximum absolute atomic E-state index is 13.0. The first kappa shape index (κ1) is 16.6. The van der Waals surface area contributed by atoms with Crippen LogP contribution in [0.15, 0.2) is 30.3 Å². The number of carbonyl (C=O) groups is 2. The molecular formula is C21H28N2O2. The fourth-order valence-electron chi connectivity index (χ4n) is 5.22. The van der Waals surface area contributed by atoms with Crippen molar-refractivity contribution in [2.75, 3.05) is 6.54 Å². The second kappa shape index (κ2) is 6.81. The average Bonchev–Trinajstić information content (AvgIpc) is 3.15. The van der Waals surface area contributed by atoms with Crippen LogP contribution in [0, 0.1) is 5.41 Å². The molecule has 25 heavy (non-hydrogen) atoms. The molecule has 1 heterocycles. The summed E-state index contributed by atoms with van der Waals surface area (Å²) in [4.78, 5) is 27.4. The Bertz CT molecular complexity index is 631. The Morgan fingerprint density at radius 2 is 1.72 bits per heavy atom. The van der Waals surface area contributed by atoms with E-state index < -0.39 is 0 Å². The number of benzene rings is 1. The summed E-state index contributed by atoms with van der Waals surface area (Å²) in [6.45, 7) is 0.205. The van der Waals surface area contributed by atoms with Crippen LogP contribution in [0.3, 0.4) is 0 Å². The summed E-state index contributed by atoms with van der Waals surface area (Å²) >= 11 is 0. The Morgan fingerprint density at radius 1 is 1.04 bits per heavy atom. The first-order chi connectivity index (χ1) is 12.2. The molecule has 0 bridgehead atoms. The fourth-order valence-corrected chi connectivity index (χ4v) is 5.22.